The minimum atomic E-state index is -1.53. The van der Waals surface area contributed by atoms with Crippen LogP contribution in [0.3, 0.4) is 0 Å². The van der Waals surface area contributed by atoms with E-state index in [1.54, 1.807) is 0 Å². The van der Waals surface area contributed by atoms with E-state index in [4.69, 9.17) is 5.73 Å². The second-order valence-corrected chi connectivity index (χ2v) is 3.57. The Bertz CT molecular complexity index is 410. The Balaban J connectivity index is 2.84. The molecule has 0 amide bonds. The van der Waals surface area contributed by atoms with Gasteiger partial charge >= 0.3 is 5.97 Å². The molecule has 0 aliphatic carbocycles. The summed E-state index contributed by atoms with van der Waals surface area (Å²) in [5.74, 6) is -1.39. The van der Waals surface area contributed by atoms with Crippen molar-refractivity contribution in [2.24, 2.45) is 0 Å². The van der Waals surface area contributed by atoms with Crippen molar-refractivity contribution in [1.29, 1.82) is 0 Å². The average Bonchev–Trinajstić information content (AvgIpc) is 2.31. The number of hydrogen-bond acceptors (Lipinski definition) is 5. The Kier molecular flexibility index (Phi) is 4.42. The largest absolute Gasteiger partial charge is 0.469 e. The van der Waals surface area contributed by atoms with Crippen LogP contribution in [0.5, 0.6) is 0 Å². The number of anilines is 1. The molecule has 2 atom stereocenters. The SMILES string of the molecule is COC(=O)CC(O)C(O)c1cc(N)ccc1F. The molecule has 6 heteroatoms. The molecule has 5 nitrogen and oxygen atoms in total. The van der Waals surface area contributed by atoms with Crippen LogP contribution in [0.25, 0.3) is 0 Å². The third kappa shape index (κ3) is 3.40. The zero-order valence-corrected chi connectivity index (χ0v) is 9.26. The highest BCUT2D eigenvalue weighted by Gasteiger charge is 2.24. The second kappa shape index (κ2) is 5.60. The number of nitrogens with two attached hydrogens (primary N) is 1. The van der Waals surface area contributed by atoms with Gasteiger partial charge in [-0.25, -0.2) is 4.39 Å². The topological polar surface area (TPSA) is 92.8 Å². The van der Waals surface area contributed by atoms with Crippen molar-refractivity contribution >= 4 is 11.7 Å². The zero-order chi connectivity index (χ0) is 13.0. The van der Waals surface area contributed by atoms with Crippen LogP contribution in [0.2, 0.25) is 0 Å². The first-order valence-electron chi connectivity index (χ1n) is 4.93. The normalized spacial score (nSPS) is 14.1. The number of benzene rings is 1. The van der Waals surface area contributed by atoms with Gasteiger partial charge in [0.25, 0.3) is 0 Å². The number of rotatable bonds is 4. The van der Waals surface area contributed by atoms with Gasteiger partial charge in [-0.05, 0) is 18.2 Å². The molecule has 4 N–H and O–H groups in total. The van der Waals surface area contributed by atoms with E-state index in [9.17, 15) is 19.4 Å². The van der Waals surface area contributed by atoms with Gasteiger partial charge in [-0.2, -0.15) is 0 Å². The Labute approximate surface area is 97.6 Å². The Hall–Kier alpha value is -1.66. The van der Waals surface area contributed by atoms with E-state index in [1.807, 2.05) is 0 Å². The molecule has 0 spiro atoms. The summed E-state index contributed by atoms with van der Waals surface area (Å²) in [6, 6.07) is 3.62. The van der Waals surface area contributed by atoms with E-state index < -0.39 is 30.4 Å². The number of carbonyl (C=O) groups is 1. The first-order valence-corrected chi connectivity index (χ1v) is 4.93. The van der Waals surface area contributed by atoms with Crippen LogP contribution in [-0.4, -0.2) is 29.4 Å². The number of carbonyl (C=O) groups excluding carboxylic acids is 1. The molecule has 0 heterocycles. The second-order valence-electron chi connectivity index (χ2n) is 3.57. The van der Waals surface area contributed by atoms with Gasteiger partial charge in [0.2, 0.25) is 0 Å². The van der Waals surface area contributed by atoms with Gasteiger partial charge in [0.1, 0.15) is 11.9 Å². The first-order chi connectivity index (χ1) is 7.95. The number of ether oxygens (including phenoxy) is 1. The highest BCUT2D eigenvalue weighted by Crippen LogP contribution is 2.24. The van der Waals surface area contributed by atoms with E-state index >= 15 is 0 Å². The third-order valence-corrected chi connectivity index (χ3v) is 2.31. The fourth-order valence-electron chi connectivity index (χ4n) is 1.36. The van der Waals surface area contributed by atoms with Gasteiger partial charge in [0, 0.05) is 11.3 Å². The quantitative estimate of drug-likeness (QED) is 0.524. The molecule has 94 valence electrons. The molecule has 1 aromatic rings. The highest BCUT2D eigenvalue weighted by molar-refractivity contribution is 5.69. The molecule has 1 rings (SSSR count). The summed E-state index contributed by atoms with van der Waals surface area (Å²) in [4.78, 5) is 10.9. The molecule has 0 saturated carbocycles. The smallest absolute Gasteiger partial charge is 0.308 e. The number of aliphatic hydroxyl groups is 2. The standard InChI is InChI=1S/C11H14FNO4/c1-17-10(15)5-9(14)11(16)7-4-6(13)2-3-8(7)12/h2-4,9,11,14,16H,5,13H2,1H3. The van der Waals surface area contributed by atoms with Gasteiger partial charge in [0.05, 0.1) is 19.6 Å². The van der Waals surface area contributed by atoms with Crippen LogP contribution >= 0.6 is 0 Å². The summed E-state index contributed by atoms with van der Waals surface area (Å²) in [7, 11) is 1.16. The van der Waals surface area contributed by atoms with Gasteiger partial charge < -0.3 is 20.7 Å². The first kappa shape index (κ1) is 13.4. The predicted molar refractivity (Wildman–Crippen MR) is 58.4 cm³/mol. The fraction of sp³-hybridized carbons (Fsp3) is 0.364. The summed E-state index contributed by atoms with van der Waals surface area (Å²) >= 11 is 0. The summed E-state index contributed by atoms with van der Waals surface area (Å²) in [6.07, 6.45) is -3.40. The monoisotopic (exact) mass is 243 g/mol. The van der Waals surface area contributed by atoms with Crippen LogP contribution < -0.4 is 5.73 Å². The highest BCUT2D eigenvalue weighted by atomic mass is 19.1. The summed E-state index contributed by atoms with van der Waals surface area (Å²) < 4.78 is 17.7. The van der Waals surface area contributed by atoms with Crippen molar-refractivity contribution in [2.75, 3.05) is 12.8 Å². The third-order valence-electron chi connectivity index (χ3n) is 2.31. The van der Waals surface area contributed by atoms with Crippen molar-refractivity contribution in [3.63, 3.8) is 0 Å². The lowest BCUT2D eigenvalue weighted by atomic mass is 10.0. The van der Waals surface area contributed by atoms with E-state index in [0.29, 0.717) is 0 Å². The Morgan fingerprint density at radius 1 is 1.53 bits per heavy atom. The molecule has 0 aliphatic rings. The lowest BCUT2D eigenvalue weighted by Crippen LogP contribution is -2.23. The Morgan fingerprint density at radius 2 is 2.18 bits per heavy atom. The molecule has 17 heavy (non-hydrogen) atoms. The minimum absolute atomic E-state index is 0.151. The van der Waals surface area contributed by atoms with E-state index in [0.717, 1.165) is 13.2 Å². The van der Waals surface area contributed by atoms with Gasteiger partial charge in [-0.1, -0.05) is 0 Å². The zero-order valence-electron chi connectivity index (χ0n) is 9.26. The van der Waals surface area contributed by atoms with Crippen molar-refractivity contribution < 1.29 is 24.1 Å². The molecular formula is C11H14FNO4. The molecule has 0 radical (unpaired) electrons. The molecule has 0 aliphatic heterocycles. The summed E-state index contributed by atoms with van der Waals surface area (Å²) in [5.41, 5.74) is 5.55. The van der Waals surface area contributed by atoms with E-state index in [-0.39, 0.29) is 11.3 Å². The molecule has 1 aromatic carbocycles. The molecular weight excluding hydrogens is 229 g/mol. The molecule has 0 aromatic heterocycles. The van der Waals surface area contributed by atoms with Crippen molar-refractivity contribution in [1.82, 2.24) is 0 Å². The van der Waals surface area contributed by atoms with Crippen LogP contribution in [-0.2, 0) is 9.53 Å². The maximum Gasteiger partial charge on any atom is 0.308 e. The van der Waals surface area contributed by atoms with Gasteiger partial charge in [-0.15, -0.1) is 0 Å². The number of aliphatic hydroxyl groups excluding tert-OH is 2. The average molecular weight is 243 g/mol. The number of hydrogen-bond donors (Lipinski definition) is 3. The molecule has 2 unspecified atom stereocenters. The lowest BCUT2D eigenvalue weighted by molar-refractivity contribution is -0.144. The number of esters is 1. The van der Waals surface area contributed by atoms with Crippen LogP contribution in [0.15, 0.2) is 18.2 Å². The van der Waals surface area contributed by atoms with E-state index in [2.05, 4.69) is 4.74 Å². The van der Waals surface area contributed by atoms with Crippen LogP contribution in [0.1, 0.15) is 18.1 Å². The van der Waals surface area contributed by atoms with Crippen LogP contribution in [0.4, 0.5) is 10.1 Å². The molecule has 0 fully saturated rings. The fourth-order valence-corrected chi connectivity index (χ4v) is 1.36. The lowest BCUT2D eigenvalue weighted by Gasteiger charge is -2.18. The van der Waals surface area contributed by atoms with Crippen LogP contribution in [0, 0.1) is 5.82 Å². The van der Waals surface area contributed by atoms with Crippen molar-refractivity contribution in [2.45, 2.75) is 18.6 Å². The number of methoxy groups -OCH3 is 1. The molecule has 0 saturated heterocycles. The minimum Gasteiger partial charge on any atom is -0.469 e. The number of halogens is 1. The maximum atomic E-state index is 13.4. The van der Waals surface area contributed by atoms with Gasteiger partial charge in [0.15, 0.2) is 0 Å². The maximum absolute atomic E-state index is 13.4. The summed E-state index contributed by atoms with van der Waals surface area (Å²) in [5, 5.41) is 19.2. The number of nitrogen functional groups attached to an aromatic ring is 1. The van der Waals surface area contributed by atoms with Gasteiger partial charge in [-0.3, -0.25) is 4.79 Å². The predicted octanol–water partition coefficient (Wildman–Crippen LogP) is 0.365. The summed E-state index contributed by atoms with van der Waals surface area (Å²) in [6.45, 7) is 0. The van der Waals surface area contributed by atoms with E-state index in [1.165, 1.54) is 12.1 Å². The van der Waals surface area contributed by atoms with Crippen molar-refractivity contribution in [3.8, 4) is 0 Å². The Morgan fingerprint density at radius 3 is 2.76 bits per heavy atom. The van der Waals surface area contributed by atoms with Crippen molar-refractivity contribution in [3.05, 3.63) is 29.6 Å². The molecule has 0 bridgehead atoms.